The zero-order chi connectivity index (χ0) is 15.5. The van der Waals surface area contributed by atoms with E-state index in [0.29, 0.717) is 28.1 Å². The average Bonchev–Trinajstić information content (AvgIpc) is 3.02. The first-order chi connectivity index (χ1) is 10.7. The molecule has 0 aliphatic heterocycles. The van der Waals surface area contributed by atoms with Gasteiger partial charge in [-0.3, -0.25) is 14.0 Å². The summed E-state index contributed by atoms with van der Waals surface area (Å²) in [5.41, 5.74) is 0.992. The molecule has 0 spiro atoms. The molecule has 0 atom stereocenters. The van der Waals surface area contributed by atoms with Crippen molar-refractivity contribution in [3.8, 4) is 0 Å². The van der Waals surface area contributed by atoms with E-state index in [9.17, 15) is 14.4 Å². The Bertz CT molecular complexity index is 896. The molecular formula is C15H10N2O4S. The van der Waals surface area contributed by atoms with E-state index in [1.807, 2.05) is 0 Å². The van der Waals surface area contributed by atoms with Crippen molar-refractivity contribution in [1.82, 2.24) is 9.38 Å². The summed E-state index contributed by atoms with van der Waals surface area (Å²) in [5.74, 6) is -0.536. The van der Waals surface area contributed by atoms with Crippen LogP contribution in [0.5, 0.6) is 0 Å². The van der Waals surface area contributed by atoms with Crippen molar-refractivity contribution in [2.45, 2.75) is 6.61 Å². The highest BCUT2D eigenvalue weighted by molar-refractivity contribution is 7.15. The molecule has 0 unspecified atom stereocenters. The zero-order valence-corrected chi connectivity index (χ0v) is 12.1. The lowest BCUT2D eigenvalue weighted by Crippen LogP contribution is -2.14. The molecule has 1 aromatic carbocycles. The van der Waals surface area contributed by atoms with E-state index >= 15 is 0 Å². The van der Waals surface area contributed by atoms with Crippen molar-refractivity contribution in [1.29, 1.82) is 0 Å². The molecule has 0 aliphatic carbocycles. The Kier molecular flexibility index (Phi) is 3.80. The Morgan fingerprint density at radius 1 is 1.32 bits per heavy atom. The Morgan fingerprint density at radius 2 is 2.09 bits per heavy atom. The first-order valence-corrected chi connectivity index (χ1v) is 7.23. The van der Waals surface area contributed by atoms with Gasteiger partial charge in [-0.2, -0.15) is 0 Å². The number of fused-ring (bicyclic) bond motifs is 1. The fraction of sp³-hybridized carbons (Fsp3) is 0.0667. The van der Waals surface area contributed by atoms with E-state index in [1.54, 1.807) is 11.6 Å². The number of nitrogens with zero attached hydrogens (tertiary/aromatic N) is 2. The predicted molar refractivity (Wildman–Crippen MR) is 80.3 cm³/mol. The number of hydrogen-bond acceptors (Lipinski definition) is 6. The van der Waals surface area contributed by atoms with Crippen molar-refractivity contribution < 1.29 is 14.3 Å². The lowest BCUT2D eigenvalue weighted by Gasteiger charge is -2.04. The van der Waals surface area contributed by atoms with Gasteiger partial charge >= 0.3 is 5.97 Å². The minimum Gasteiger partial charge on any atom is -0.456 e. The summed E-state index contributed by atoms with van der Waals surface area (Å²) in [6, 6.07) is 7.42. The first kappa shape index (κ1) is 14.2. The molecule has 0 fully saturated rings. The summed E-state index contributed by atoms with van der Waals surface area (Å²) in [7, 11) is 0. The lowest BCUT2D eigenvalue weighted by molar-refractivity contribution is 0.0467. The maximum absolute atomic E-state index is 11.9. The number of thiazole rings is 1. The van der Waals surface area contributed by atoms with Gasteiger partial charge in [0.05, 0.1) is 11.3 Å². The molecule has 7 heteroatoms. The van der Waals surface area contributed by atoms with Crippen molar-refractivity contribution in [3.63, 3.8) is 0 Å². The first-order valence-electron chi connectivity index (χ1n) is 6.35. The van der Waals surface area contributed by atoms with Gasteiger partial charge in [0.2, 0.25) is 0 Å². The summed E-state index contributed by atoms with van der Waals surface area (Å²) in [4.78, 5) is 39.1. The third-order valence-corrected chi connectivity index (χ3v) is 3.75. The van der Waals surface area contributed by atoms with Crippen LogP contribution in [0.1, 0.15) is 26.4 Å². The monoisotopic (exact) mass is 314 g/mol. The van der Waals surface area contributed by atoms with Gasteiger partial charge in [0, 0.05) is 23.2 Å². The largest absolute Gasteiger partial charge is 0.456 e. The Labute approximate surface area is 128 Å². The predicted octanol–water partition coefficient (Wildman–Crippen LogP) is 1.93. The minimum atomic E-state index is -0.536. The van der Waals surface area contributed by atoms with Gasteiger partial charge in [-0.15, -0.1) is 11.3 Å². The Hall–Kier alpha value is -2.80. The van der Waals surface area contributed by atoms with Gasteiger partial charge in [0.25, 0.3) is 5.56 Å². The third-order valence-electron chi connectivity index (χ3n) is 2.99. The third kappa shape index (κ3) is 2.79. The summed E-state index contributed by atoms with van der Waals surface area (Å²) in [6.07, 6.45) is 2.34. The second kappa shape index (κ2) is 5.90. The molecule has 3 rings (SSSR count). The maximum Gasteiger partial charge on any atom is 0.338 e. The van der Waals surface area contributed by atoms with Gasteiger partial charge < -0.3 is 4.74 Å². The zero-order valence-electron chi connectivity index (χ0n) is 11.3. The van der Waals surface area contributed by atoms with Crippen molar-refractivity contribution in [2.75, 3.05) is 0 Å². The molecule has 3 aromatic rings. The number of carbonyl (C=O) groups excluding carboxylic acids is 2. The molecule has 0 radical (unpaired) electrons. The molecule has 0 N–H and O–H groups in total. The highest BCUT2D eigenvalue weighted by Crippen LogP contribution is 2.09. The Morgan fingerprint density at radius 3 is 2.82 bits per heavy atom. The number of benzene rings is 1. The second-order valence-electron chi connectivity index (χ2n) is 4.46. The van der Waals surface area contributed by atoms with Gasteiger partial charge in [-0.05, 0) is 12.1 Å². The van der Waals surface area contributed by atoms with Crippen LogP contribution < -0.4 is 5.56 Å². The van der Waals surface area contributed by atoms with Crippen molar-refractivity contribution >= 4 is 28.6 Å². The molecule has 0 bridgehead atoms. The normalized spacial score (nSPS) is 10.5. The number of carbonyl (C=O) groups is 2. The summed E-state index contributed by atoms with van der Waals surface area (Å²) in [5, 5.41) is 1.76. The summed E-state index contributed by atoms with van der Waals surface area (Å²) in [6.45, 7) is -0.0854. The SMILES string of the molecule is O=Cc1ccc(C(=O)OCc2cc(=O)n3ccsc3n2)cc1. The number of ether oxygens (including phenoxy) is 1. The van der Waals surface area contributed by atoms with E-state index in [0.717, 1.165) is 0 Å². The molecule has 110 valence electrons. The molecule has 22 heavy (non-hydrogen) atoms. The van der Waals surface area contributed by atoms with E-state index < -0.39 is 5.97 Å². The number of rotatable bonds is 4. The molecular weight excluding hydrogens is 304 g/mol. The lowest BCUT2D eigenvalue weighted by atomic mass is 10.1. The topological polar surface area (TPSA) is 77.7 Å². The molecule has 0 saturated heterocycles. The van der Waals surface area contributed by atoms with Crippen LogP contribution in [0.15, 0.2) is 46.7 Å². The number of hydrogen-bond donors (Lipinski definition) is 0. The quantitative estimate of drug-likeness (QED) is 0.543. The van der Waals surface area contributed by atoms with E-state index in [2.05, 4.69) is 4.98 Å². The van der Waals surface area contributed by atoms with E-state index in [1.165, 1.54) is 46.1 Å². The van der Waals surface area contributed by atoms with E-state index in [4.69, 9.17) is 4.74 Å². The molecule has 0 aliphatic rings. The number of esters is 1. The molecule has 0 saturated carbocycles. The molecule has 6 nitrogen and oxygen atoms in total. The van der Waals surface area contributed by atoms with Crippen LogP contribution in [0, 0.1) is 0 Å². The van der Waals surface area contributed by atoms with Crippen LogP contribution >= 0.6 is 11.3 Å². The van der Waals surface area contributed by atoms with Crippen molar-refractivity contribution in [2.24, 2.45) is 0 Å². The van der Waals surface area contributed by atoms with Crippen molar-refractivity contribution in [3.05, 3.63) is 69.1 Å². The Balaban J connectivity index is 1.73. The summed E-state index contributed by atoms with van der Waals surface area (Å²) < 4.78 is 6.56. The minimum absolute atomic E-state index is 0.0854. The highest BCUT2D eigenvalue weighted by Gasteiger charge is 2.09. The van der Waals surface area contributed by atoms with Crippen LogP contribution in [-0.4, -0.2) is 21.6 Å². The summed E-state index contributed by atoms with van der Waals surface area (Å²) >= 11 is 1.33. The highest BCUT2D eigenvalue weighted by atomic mass is 32.1. The van der Waals surface area contributed by atoms with Crippen LogP contribution in [0.3, 0.4) is 0 Å². The second-order valence-corrected chi connectivity index (χ2v) is 5.33. The van der Waals surface area contributed by atoms with Gasteiger partial charge in [-0.1, -0.05) is 12.1 Å². The smallest absolute Gasteiger partial charge is 0.338 e. The van der Waals surface area contributed by atoms with E-state index in [-0.39, 0.29) is 12.2 Å². The molecule has 0 amide bonds. The fourth-order valence-corrected chi connectivity index (χ4v) is 2.62. The van der Waals surface area contributed by atoms with Gasteiger partial charge in [-0.25, -0.2) is 9.78 Å². The fourth-order valence-electron chi connectivity index (χ4n) is 1.88. The van der Waals surface area contributed by atoms with Crippen LogP contribution in [0.25, 0.3) is 4.96 Å². The van der Waals surface area contributed by atoms with Gasteiger partial charge in [0.1, 0.15) is 12.9 Å². The van der Waals surface area contributed by atoms with Crippen LogP contribution in [-0.2, 0) is 11.3 Å². The molecule has 2 aromatic heterocycles. The van der Waals surface area contributed by atoms with Crippen LogP contribution in [0.4, 0.5) is 0 Å². The number of aldehydes is 1. The standard InChI is InChI=1S/C15H10N2O4S/c18-8-10-1-3-11(4-2-10)14(20)21-9-12-7-13(19)17-5-6-22-15(17)16-12/h1-8H,9H2. The average molecular weight is 314 g/mol. The van der Waals surface area contributed by atoms with Gasteiger partial charge in [0.15, 0.2) is 4.96 Å². The molecule has 2 heterocycles. The maximum atomic E-state index is 11.9. The number of aromatic nitrogens is 2. The van der Waals surface area contributed by atoms with Crippen LogP contribution in [0.2, 0.25) is 0 Å².